The smallest absolute Gasteiger partial charge is 0.306 e. The maximum Gasteiger partial charge on any atom is 0.306 e. The van der Waals surface area contributed by atoms with Crippen LogP contribution < -0.4 is 0 Å². The predicted octanol–water partition coefficient (Wildman–Crippen LogP) is 8.22. The van der Waals surface area contributed by atoms with Gasteiger partial charge in [0.1, 0.15) is 5.76 Å². The molecule has 39 heavy (non-hydrogen) atoms. The first-order valence-electron chi connectivity index (χ1n) is 13.8. The van der Waals surface area contributed by atoms with Gasteiger partial charge in [0.15, 0.2) is 5.76 Å². The molecule has 0 unspecified atom stereocenters. The van der Waals surface area contributed by atoms with Gasteiger partial charge in [-0.25, -0.2) is 0 Å². The SMILES string of the molecule is CCOC(=O)CC1(c2ccc(-c3ccc(-c4onc(C)c4CCC/C=C(\O)c4ccccc4)cc3)cc2)CC1. The van der Waals surface area contributed by atoms with Gasteiger partial charge in [0, 0.05) is 22.1 Å². The van der Waals surface area contributed by atoms with Gasteiger partial charge in [-0.1, -0.05) is 84.0 Å². The van der Waals surface area contributed by atoms with E-state index in [-0.39, 0.29) is 11.4 Å². The molecule has 1 aliphatic carbocycles. The van der Waals surface area contributed by atoms with Crippen molar-refractivity contribution in [1.29, 1.82) is 0 Å². The van der Waals surface area contributed by atoms with Crippen LogP contribution in [0.3, 0.4) is 0 Å². The lowest BCUT2D eigenvalue weighted by Gasteiger charge is -2.15. The number of aromatic nitrogens is 1. The summed E-state index contributed by atoms with van der Waals surface area (Å²) < 4.78 is 10.9. The van der Waals surface area contributed by atoms with Crippen molar-refractivity contribution in [2.75, 3.05) is 6.61 Å². The van der Waals surface area contributed by atoms with Crippen molar-refractivity contribution in [3.63, 3.8) is 0 Å². The van der Waals surface area contributed by atoms with Crippen LogP contribution in [0, 0.1) is 6.92 Å². The molecule has 4 aromatic rings. The van der Waals surface area contributed by atoms with Crippen molar-refractivity contribution in [2.24, 2.45) is 0 Å². The van der Waals surface area contributed by atoms with Gasteiger partial charge in [0.05, 0.1) is 18.7 Å². The number of aliphatic hydroxyl groups is 1. The molecular formula is C34H35NO4. The second-order valence-corrected chi connectivity index (χ2v) is 10.3. The second kappa shape index (κ2) is 11.7. The first-order chi connectivity index (χ1) is 19.0. The van der Waals surface area contributed by atoms with Crippen molar-refractivity contribution in [2.45, 2.75) is 57.8 Å². The molecule has 0 bridgehead atoms. The summed E-state index contributed by atoms with van der Waals surface area (Å²) >= 11 is 0. The Morgan fingerprint density at radius 2 is 1.62 bits per heavy atom. The molecular weight excluding hydrogens is 486 g/mol. The van der Waals surface area contributed by atoms with Gasteiger partial charge in [-0.05, 0) is 68.7 Å². The molecule has 1 saturated carbocycles. The van der Waals surface area contributed by atoms with Crippen LogP contribution in [-0.4, -0.2) is 22.8 Å². The van der Waals surface area contributed by atoms with Crippen molar-refractivity contribution >= 4 is 11.7 Å². The number of aliphatic hydroxyl groups excluding tert-OH is 1. The molecule has 0 radical (unpaired) electrons. The van der Waals surface area contributed by atoms with Crippen molar-refractivity contribution in [3.05, 3.63) is 107 Å². The van der Waals surface area contributed by atoms with E-state index < -0.39 is 0 Å². The molecule has 1 N–H and O–H groups in total. The van der Waals surface area contributed by atoms with Crippen molar-refractivity contribution < 1.29 is 19.2 Å². The van der Waals surface area contributed by atoms with E-state index in [2.05, 4.69) is 53.7 Å². The van der Waals surface area contributed by atoms with Gasteiger partial charge in [-0.2, -0.15) is 0 Å². The fourth-order valence-electron chi connectivity index (χ4n) is 5.19. The first kappa shape index (κ1) is 26.5. The molecule has 200 valence electrons. The van der Waals surface area contributed by atoms with E-state index in [1.54, 1.807) is 0 Å². The number of hydrogen-bond donors (Lipinski definition) is 1. The minimum Gasteiger partial charge on any atom is -0.508 e. The highest BCUT2D eigenvalue weighted by molar-refractivity contribution is 5.73. The summed E-state index contributed by atoms with van der Waals surface area (Å²) in [6.07, 6.45) is 6.86. The Balaban J connectivity index is 1.23. The Kier molecular flexibility index (Phi) is 7.97. The standard InChI is InChI=1S/C34H35NO4/c1-3-38-32(37)23-34(21-22-34)29-19-17-26(18-20-29)25-13-15-28(16-14-25)33-30(24(2)35-39-33)11-7-8-12-31(36)27-9-5-4-6-10-27/h4-6,9-10,12-20,36H,3,7-8,11,21-23H2,1-2H3/b31-12-. The fraction of sp³-hybridized carbons (Fsp3) is 0.294. The van der Waals surface area contributed by atoms with E-state index in [4.69, 9.17) is 9.26 Å². The number of rotatable bonds is 11. The van der Waals surface area contributed by atoms with E-state index in [0.29, 0.717) is 18.8 Å². The highest BCUT2D eigenvalue weighted by Gasteiger charge is 2.46. The maximum absolute atomic E-state index is 12.0. The molecule has 5 heteroatoms. The van der Waals surface area contributed by atoms with Gasteiger partial charge in [0.2, 0.25) is 0 Å². The molecule has 0 spiro atoms. The van der Waals surface area contributed by atoms with Gasteiger partial charge < -0.3 is 14.4 Å². The van der Waals surface area contributed by atoms with Gasteiger partial charge >= 0.3 is 5.97 Å². The number of ether oxygens (including phenoxy) is 1. The van der Waals surface area contributed by atoms with Crippen molar-refractivity contribution in [3.8, 4) is 22.5 Å². The quantitative estimate of drug-likeness (QED) is 0.122. The molecule has 5 nitrogen and oxygen atoms in total. The third kappa shape index (κ3) is 6.14. The molecule has 0 aliphatic heterocycles. The molecule has 1 aliphatic rings. The molecule has 1 fully saturated rings. The lowest BCUT2D eigenvalue weighted by Crippen LogP contribution is -2.15. The van der Waals surface area contributed by atoms with Gasteiger partial charge in [-0.3, -0.25) is 4.79 Å². The number of hydrogen-bond acceptors (Lipinski definition) is 5. The Morgan fingerprint density at radius 1 is 0.974 bits per heavy atom. The number of allylic oxidation sites excluding steroid dienone is 1. The van der Waals surface area contributed by atoms with Gasteiger partial charge in [-0.15, -0.1) is 0 Å². The lowest BCUT2D eigenvalue weighted by molar-refractivity contribution is -0.143. The van der Waals surface area contributed by atoms with Crippen LogP contribution >= 0.6 is 0 Å². The number of unbranched alkanes of at least 4 members (excludes halogenated alkanes) is 1. The summed E-state index contributed by atoms with van der Waals surface area (Å²) in [5.41, 5.74) is 7.26. The molecule has 0 amide bonds. The van der Waals surface area contributed by atoms with Crippen molar-refractivity contribution in [1.82, 2.24) is 5.16 Å². The maximum atomic E-state index is 12.0. The lowest BCUT2D eigenvalue weighted by atomic mass is 9.90. The molecule has 3 aromatic carbocycles. The molecule has 5 rings (SSSR count). The summed E-state index contributed by atoms with van der Waals surface area (Å²) in [5.74, 6) is 1.01. The Morgan fingerprint density at radius 3 is 2.26 bits per heavy atom. The fourth-order valence-corrected chi connectivity index (χ4v) is 5.19. The second-order valence-electron chi connectivity index (χ2n) is 10.3. The average molecular weight is 522 g/mol. The predicted molar refractivity (Wildman–Crippen MR) is 154 cm³/mol. The molecule has 1 aromatic heterocycles. The highest BCUT2D eigenvalue weighted by Crippen LogP contribution is 2.51. The minimum atomic E-state index is -0.113. The van der Waals surface area contributed by atoms with E-state index in [9.17, 15) is 9.90 Å². The Labute approximate surface area is 230 Å². The number of nitrogens with zero attached hydrogens (tertiary/aromatic N) is 1. The Bertz CT molecular complexity index is 1430. The van der Waals surface area contributed by atoms with Crippen LogP contribution in [0.2, 0.25) is 0 Å². The molecule has 1 heterocycles. The van der Waals surface area contributed by atoms with Crippen LogP contribution in [-0.2, 0) is 21.4 Å². The summed E-state index contributed by atoms with van der Waals surface area (Å²) in [6, 6.07) is 26.5. The summed E-state index contributed by atoms with van der Waals surface area (Å²) in [5, 5.41) is 14.5. The zero-order chi connectivity index (χ0) is 27.2. The zero-order valence-corrected chi connectivity index (χ0v) is 22.7. The number of carbonyl (C=O) groups excluding carboxylic acids is 1. The number of carbonyl (C=O) groups is 1. The third-order valence-corrected chi connectivity index (χ3v) is 7.64. The largest absolute Gasteiger partial charge is 0.508 e. The van der Waals surface area contributed by atoms with Crippen LogP contribution in [0.15, 0.2) is 89.5 Å². The van der Waals surface area contributed by atoms with E-state index in [1.165, 1.54) is 5.56 Å². The average Bonchev–Trinajstić information content (AvgIpc) is 3.65. The Hall–Kier alpha value is -4.12. The monoisotopic (exact) mass is 521 g/mol. The highest BCUT2D eigenvalue weighted by atomic mass is 16.5. The summed E-state index contributed by atoms with van der Waals surface area (Å²) in [7, 11) is 0. The summed E-state index contributed by atoms with van der Waals surface area (Å²) in [6.45, 7) is 4.25. The third-order valence-electron chi connectivity index (χ3n) is 7.64. The zero-order valence-electron chi connectivity index (χ0n) is 22.7. The normalized spacial score (nSPS) is 14.3. The molecule has 0 saturated heterocycles. The van der Waals surface area contributed by atoms with Crippen LogP contribution in [0.1, 0.15) is 61.4 Å². The van der Waals surface area contributed by atoms with E-state index in [1.807, 2.05) is 50.3 Å². The number of aryl methyl sites for hydroxylation is 1. The first-order valence-corrected chi connectivity index (χ1v) is 13.8. The summed E-state index contributed by atoms with van der Waals surface area (Å²) in [4.78, 5) is 12.0. The van der Waals surface area contributed by atoms with Crippen LogP contribution in [0.4, 0.5) is 0 Å². The number of benzene rings is 3. The van der Waals surface area contributed by atoms with Crippen LogP contribution in [0.25, 0.3) is 28.2 Å². The number of esters is 1. The van der Waals surface area contributed by atoms with Gasteiger partial charge in [0.25, 0.3) is 0 Å². The topological polar surface area (TPSA) is 72.6 Å². The minimum absolute atomic E-state index is 0.0503. The van der Waals surface area contributed by atoms with E-state index in [0.717, 1.165) is 71.4 Å². The van der Waals surface area contributed by atoms with E-state index >= 15 is 0 Å². The van der Waals surface area contributed by atoms with Crippen LogP contribution in [0.5, 0.6) is 0 Å². The molecule has 0 atom stereocenters.